The highest BCUT2D eigenvalue weighted by Gasteiger charge is 2.10. The fraction of sp³-hybridized carbons (Fsp3) is 0.375. The summed E-state index contributed by atoms with van der Waals surface area (Å²) in [6.07, 6.45) is 2.54. The van der Waals surface area contributed by atoms with Gasteiger partial charge in [0.2, 0.25) is 0 Å². The van der Waals surface area contributed by atoms with Gasteiger partial charge in [0, 0.05) is 5.25 Å². The van der Waals surface area contributed by atoms with Crippen molar-refractivity contribution in [1.82, 2.24) is 0 Å². The molecule has 0 fully saturated rings. The average molecular weight is 187 g/mol. The van der Waals surface area contributed by atoms with Gasteiger partial charge in [0.05, 0.1) is 0 Å². The molecule has 0 aliphatic heterocycles. The lowest BCUT2D eigenvalue weighted by Crippen LogP contribution is -2.03. The van der Waals surface area contributed by atoms with Gasteiger partial charge in [0.15, 0.2) is 6.26 Å². The summed E-state index contributed by atoms with van der Waals surface area (Å²) >= 11 is 1.41. The van der Waals surface area contributed by atoms with Crippen molar-refractivity contribution in [2.75, 3.05) is 0 Å². The van der Waals surface area contributed by atoms with E-state index in [-0.39, 0.29) is 11.2 Å². The molecule has 0 aromatic carbocycles. The van der Waals surface area contributed by atoms with Gasteiger partial charge in [-0.3, -0.25) is 4.79 Å². The molecule has 2 N–H and O–H groups in total. The predicted molar refractivity (Wildman–Crippen MR) is 49.0 cm³/mol. The van der Waals surface area contributed by atoms with Crippen molar-refractivity contribution >= 4 is 11.8 Å². The summed E-state index contributed by atoms with van der Waals surface area (Å²) in [6.45, 7) is 3.97. The second-order valence-corrected chi connectivity index (χ2v) is 4.26. The van der Waals surface area contributed by atoms with Crippen LogP contribution in [0, 0.1) is 0 Å². The van der Waals surface area contributed by atoms with Crippen LogP contribution < -0.4 is 5.43 Å². The van der Waals surface area contributed by atoms with Gasteiger partial charge in [-0.2, -0.15) is 0 Å². The van der Waals surface area contributed by atoms with Crippen molar-refractivity contribution in [2.24, 2.45) is 0 Å². The highest BCUT2D eigenvalue weighted by atomic mass is 32.2. The van der Waals surface area contributed by atoms with Crippen LogP contribution in [0.15, 0.2) is 26.6 Å². The van der Waals surface area contributed by atoms with Gasteiger partial charge in [-0.05, 0) is 0 Å². The van der Waals surface area contributed by atoms with E-state index in [2.05, 4.69) is 0 Å². The molecule has 0 aliphatic rings. The van der Waals surface area contributed by atoms with E-state index in [0.717, 1.165) is 6.26 Å². The molecule has 1 aromatic heterocycles. The van der Waals surface area contributed by atoms with Crippen LogP contribution in [0.3, 0.4) is 0 Å². The first-order chi connectivity index (χ1) is 5.61. The molecular formula is C8H11O3S+. The minimum atomic E-state index is -0.250. The van der Waals surface area contributed by atoms with Crippen LogP contribution in [-0.2, 0) is 0 Å². The number of hydrogen-bond donors (Lipinski definition) is 0. The van der Waals surface area contributed by atoms with Crippen LogP contribution in [0.25, 0.3) is 0 Å². The summed E-state index contributed by atoms with van der Waals surface area (Å²) in [6, 6.07) is 0. The molecule has 1 heterocycles. The molecule has 0 aliphatic carbocycles. The molecule has 0 radical (unpaired) electrons. The van der Waals surface area contributed by atoms with Crippen LogP contribution >= 0.6 is 11.8 Å². The Morgan fingerprint density at radius 1 is 1.50 bits per heavy atom. The van der Waals surface area contributed by atoms with E-state index in [4.69, 9.17) is 9.52 Å². The van der Waals surface area contributed by atoms with E-state index in [1.807, 2.05) is 13.8 Å². The Kier molecular flexibility index (Phi) is 2.81. The summed E-state index contributed by atoms with van der Waals surface area (Å²) < 4.78 is 4.81. The van der Waals surface area contributed by atoms with Crippen molar-refractivity contribution in [3.05, 3.63) is 22.7 Å². The molecule has 0 atom stereocenters. The summed E-state index contributed by atoms with van der Waals surface area (Å²) in [4.78, 5) is 11.7. The van der Waals surface area contributed by atoms with Crippen LogP contribution in [0.1, 0.15) is 13.8 Å². The van der Waals surface area contributed by atoms with Crippen molar-refractivity contribution in [3.8, 4) is 5.75 Å². The first-order valence-electron chi connectivity index (χ1n) is 3.60. The SMILES string of the molecule is CC(C)Sc1cocc([OH2+])c1=O. The highest BCUT2D eigenvalue weighted by molar-refractivity contribution is 7.99. The number of thioether (sulfide) groups is 1. The first kappa shape index (κ1) is 9.19. The molecule has 0 unspecified atom stereocenters. The fourth-order valence-corrected chi connectivity index (χ4v) is 1.57. The Balaban J connectivity index is 3.01. The Hall–Kier alpha value is -0.900. The van der Waals surface area contributed by atoms with Crippen LogP contribution in [-0.4, -0.2) is 10.4 Å². The zero-order valence-corrected chi connectivity index (χ0v) is 7.77. The summed E-state index contributed by atoms with van der Waals surface area (Å²) in [5, 5.41) is 7.51. The minimum Gasteiger partial charge on any atom is -0.588 e. The van der Waals surface area contributed by atoms with Gasteiger partial charge in [0.1, 0.15) is 11.2 Å². The van der Waals surface area contributed by atoms with Gasteiger partial charge in [-0.1, -0.05) is 13.8 Å². The van der Waals surface area contributed by atoms with Gasteiger partial charge >= 0.3 is 5.75 Å². The van der Waals surface area contributed by atoms with Crippen molar-refractivity contribution in [2.45, 2.75) is 24.0 Å². The lowest BCUT2D eigenvalue weighted by atomic mass is 10.5. The molecule has 3 nitrogen and oxygen atoms in total. The van der Waals surface area contributed by atoms with E-state index >= 15 is 0 Å². The summed E-state index contributed by atoms with van der Waals surface area (Å²) in [5.74, 6) is -0.0827. The van der Waals surface area contributed by atoms with Crippen molar-refractivity contribution < 1.29 is 9.52 Å². The van der Waals surface area contributed by atoms with Crippen molar-refractivity contribution in [3.63, 3.8) is 0 Å². The first-order valence-corrected chi connectivity index (χ1v) is 4.48. The molecule has 66 valence electrons. The highest BCUT2D eigenvalue weighted by Crippen LogP contribution is 2.20. The molecule has 4 heteroatoms. The maximum absolute atomic E-state index is 11.2. The van der Waals surface area contributed by atoms with E-state index in [0.29, 0.717) is 10.1 Å². The maximum Gasteiger partial charge on any atom is 0.339 e. The normalized spacial score (nSPS) is 10.6. The third-order valence-electron chi connectivity index (χ3n) is 1.19. The second-order valence-electron chi connectivity index (χ2n) is 2.65. The van der Waals surface area contributed by atoms with Crippen LogP contribution in [0.4, 0.5) is 0 Å². The largest absolute Gasteiger partial charge is 0.588 e. The van der Waals surface area contributed by atoms with E-state index in [9.17, 15) is 4.79 Å². The minimum absolute atomic E-state index is 0.0827. The fourth-order valence-electron chi connectivity index (χ4n) is 0.739. The molecule has 0 bridgehead atoms. The maximum atomic E-state index is 11.2. The predicted octanol–water partition coefficient (Wildman–Crippen LogP) is 1.58. The zero-order chi connectivity index (χ0) is 9.14. The summed E-state index contributed by atoms with van der Waals surface area (Å²) in [5.41, 5.74) is -0.250. The average Bonchev–Trinajstić information content (AvgIpc) is 1.98. The van der Waals surface area contributed by atoms with Gasteiger partial charge in [0.25, 0.3) is 5.43 Å². The Morgan fingerprint density at radius 2 is 2.17 bits per heavy atom. The third kappa shape index (κ3) is 2.04. The van der Waals surface area contributed by atoms with E-state index in [1.54, 1.807) is 0 Å². The second kappa shape index (κ2) is 3.67. The van der Waals surface area contributed by atoms with Gasteiger partial charge in [-0.25, -0.2) is 0 Å². The topological polar surface area (TPSA) is 53.1 Å². The van der Waals surface area contributed by atoms with Gasteiger partial charge < -0.3 is 9.52 Å². The molecule has 1 rings (SSSR count). The zero-order valence-electron chi connectivity index (χ0n) is 6.96. The molecule has 0 spiro atoms. The Bertz CT molecular complexity index is 316. The number of rotatable bonds is 2. The lowest BCUT2D eigenvalue weighted by Gasteiger charge is -2.00. The standard InChI is InChI=1S/C8H10O3S/c1-5(2)12-7-4-11-3-6(9)8(7)10/h3-5,9H,1-2H3/p+1. The van der Waals surface area contributed by atoms with Gasteiger partial charge in [-0.15, -0.1) is 11.8 Å². The van der Waals surface area contributed by atoms with Crippen molar-refractivity contribution in [1.29, 1.82) is 0 Å². The Morgan fingerprint density at radius 3 is 2.75 bits per heavy atom. The van der Waals surface area contributed by atoms with E-state index < -0.39 is 0 Å². The molecule has 12 heavy (non-hydrogen) atoms. The number of hydrogen-bond acceptors (Lipinski definition) is 3. The lowest BCUT2D eigenvalue weighted by molar-refractivity contribution is 0.422. The molecule has 0 amide bonds. The molecule has 0 saturated heterocycles. The Labute approximate surface area is 74.4 Å². The van der Waals surface area contributed by atoms with E-state index in [1.165, 1.54) is 18.0 Å². The third-order valence-corrected chi connectivity index (χ3v) is 2.20. The molecular weight excluding hydrogens is 176 g/mol. The molecule has 0 saturated carbocycles. The van der Waals surface area contributed by atoms with Crippen LogP contribution in [0.2, 0.25) is 0 Å². The van der Waals surface area contributed by atoms with Crippen LogP contribution in [0.5, 0.6) is 5.75 Å². The molecule has 1 aromatic rings. The summed E-state index contributed by atoms with van der Waals surface area (Å²) in [7, 11) is 0. The quantitative estimate of drug-likeness (QED) is 0.521. The smallest absolute Gasteiger partial charge is 0.339 e. The monoisotopic (exact) mass is 187 g/mol.